The van der Waals surface area contributed by atoms with Crippen LogP contribution in [0.3, 0.4) is 0 Å². The SMILES string of the molecule is Cc1c(C(=O)N2CCCC(C)C2)cnn1-c1ccc(Br)cc1. The molecule has 2 heterocycles. The van der Waals surface area contributed by atoms with E-state index in [1.54, 1.807) is 6.20 Å². The highest BCUT2D eigenvalue weighted by atomic mass is 79.9. The van der Waals surface area contributed by atoms with E-state index in [0.717, 1.165) is 35.4 Å². The van der Waals surface area contributed by atoms with Crippen molar-refractivity contribution in [2.75, 3.05) is 13.1 Å². The summed E-state index contributed by atoms with van der Waals surface area (Å²) < 4.78 is 2.85. The zero-order chi connectivity index (χ0) is 15.7. The number of hydrogen-bond acceptors (Lipinski definition) is 2. The van der Waals surface area contributed by atoms with Gasteiger partial charge < -0.3 is 4.90 Å². The maximum absolute atomic E-state index is 12.7. The molecule has 0 radical (unpaired) electrons. The van der Waals surface area contributed by atoms with Gasteiger partial charge in [0, 0.05) is 17.6 Å². The van der Waals surface area contributed by atoms with Gasteiger partial charge >= 0.3 is 0 Å². The number of aromatic nitrogens is 2. The largest absolute Gasteiger partial charge is 0.338 e. The number of rotatable bonds is 2. The van der Waals surface area contributed by atoms with Crippen molar-refractivity contribution in [2.24, 2.45) is 5.92 Å². The van der Waals surface area contributed by atoms with Crippen LogP contribution in [0.4, 0.5) is 0 Å². The molecule has 3 rings (SSSR count). The van der Waals surface area contributed by atoms with Crippen LogP contribution in [0.5, 0.6) is 0 Å². The Bertz CT molecular complexity index is 678. The molecule has 1 aliphatic heterocycles. The number of likely N-dealkylation sites (tertiary alicyclic amines) is 1. The molecule has 1 aliphatic rings. The Kier molecular flexibility index (Phi) is 4.34. The van der Waals surface area contributed by atoms with Gasteiger partial charge in [-0.05, 0) is 49.9 Å². The van der Waals surface area contributed by atoms with E-state index in [9.17, 15) is 4.79 Å². The van der Waals surface area contributed by atoms with Gasteiger partial charge in [0.2, 0.25) is 0 Å². The fourth-order valence-corrected chi connectivity index (χ4v) is 3.27. The third-order valence-corrected chi connectivity index (χ3v) is 4.78. The first-order valence-electron chi connectivity index (χ1n) is 7.66. The van der Waals surface area contributed by atoms with Gasteiger partial charge in [-0.15, -0.1) is 0 Å². The number of piperidine rings is 1. The van der Waals surface area contributed by atoms with E-state index in [2.05, 4.69) is 28.0 Å². The van der Waals surface area contributed by atoms with E-state index in [-0.39, 0.29) is 5.91 Å². The molecule has 0 aliphatic carbocycles. The van der Waals surface area contributed by atoms with Gasteiger partial charge in [-0.1, -0.05) is 22.9 Å². The number of hydrogen-bond donors (Lipinski definition) is 0. The van der Waals surface area contributed by atoms with E-state index in [1.807, 2.05) is 40.8 Å². The Hall–Kier alpha value is -1.62. The molecule has 2 aromatic rings. The third kappa shape index (κ3) is 2.95. The highest BCUT2D eigenvalue weighted by molar-refractivity contribution is 9.10. The zero-order valence-corrected chi connectivity index (χ0v) is 14.5. The van der Waals surface area contributed by atoms with Gasteiger partial charge in [0.25, 0.3) is 5.91 Å². The van der Waals surface area contributed by atoms with Crippen LogP contribution in [0, 0.1) is 12.8 Å². The average Bonchev–Trinajstić information content (AvgIpc) is 2.89. The monoisotopic (exact) mass is 361 g/mol. The van der Waals surface area contributed by atoms with Gasteiger partial charge in [-0.2, -0.15) is 5.10 Å². The Morgan fingerprint density at radius 2 is 2.05 bits per heavy atom. The summed E-state index contributed by atoms with van der Waals surface area (Å²) in [4.78, 5) is 14.7. The summed E-state index contributed by atoms with van der Waals surface area (Å²) in [6, 6.07) is 7.93. The molecule has 116 valence electrons. The number of halogens is 1. The minimum absolute atomic E-state index is 0.104. The number of carbonyl (C=O) groups excluding carboxylic acids is 1. The van der Waals surface area contributed by atoms with Gasteiger partial charge in [-0.3, -0.25) is 4.79 Å². The number of benzene rings is 1. The molecule has 5 heteroatoms. The molecule has 1 aromatic heterocycles. The predicted octanol–water partition coefficient (Wildman–Crippen LogP) is 3.82. The summed E-state index contributed by atoms with van der Waals surface area (Å²) in [5.41, 5.74) is 2.56. The lowest BCUT2D eigenvalue weighted by atomic mass is 9.99. The molecule has 1 aromatic carbocycles. The van der Waals surface area contributed by atoms with Crippen molar-refractivity contribution in [3.63, 3.8) is 0 Å². The zero-order valence-electron chi connectivity index (χ0n) is 12.9. The van der Waals surface area contributed by atoms with Crippen LogP contribution in [0.25, 0.3) is 5.69 Å². The van der Waals surface area contributed by atoms with Crippen LogP contribution < -0.4 is 0 Å². The molecular formula is C17H20BrN3O. The molecule has 0 spiro atoms. The van der Waals surface area contributed by atoms with Crippen LogP contribution in [0.15, 0.2) is 34.9 Å². The van der Waals surface area contributed by atoms with Crippen LogP contribution in [-0.2, 0) is 0 Å². The molecule has 22 heavy (non-hydrogen) atoms. The maximum atomic E-state index is 12.7. The lowest BCUT2D eigenvalue weighted by molar-refractivity contribution is 0.0682. The Morgan fingerprint density at radius 3 is 2.73 bits per heavy atom. The van der Waals surface area contributed by atoms with Crippen LogP contribution in [0.1, 0.15) is 35.8 Å². The summed E-state index contributed by atoms with van der Waals surface area (Å²) in [5.74, 6) is 0.687. The quantitative estimate of drug-likeness (QED) is 0.815. The molecule has 0 N–H and O–H groups in total. The summed E-state index contributed by atoms with van der Waals surface area (Å²) in [5, 5.41) is 4.40. The lowest BCUT2D eigenvalue weighted by Gasteiger charge is -2.30. The second-order valence-corrected chi connectivity index (χ2v) is 6.95. The van der Waals surface area contributed by atoms with Crippen molar-refractivity contribution in [2.45, 2.75) is 26.7 Å². The minimum Gasteiger partial charge on any atom is -0.338 e. The van der Waals surface area contributed by atoms with Gasteiger partial charge in [0.15, 0.2) is 0 Å². The van der Waals surface area contributed by atoms with Crippen molar-refractivity contribution >= 4 is 21.8 Å². The Labute approximate surface area is 139 Å². The molecule has 1 unspecified atom stereocenters. The van der Waals surface area contributed by atoms with Crippen molar-refractivity contribution in [3.8, 4) is 5.69 Å². The Morgan fingerprint density at radius 1 is 1.32 bits per heavy atom. The van der Waals surface area contributed by atoms with Gasteiger partial charge in [0.05, 0.1) is 23.1 Å². The highest BCUT2D eigenvalue weighted by Gasteiger charge is 2.25. The van der Waals surface area contributed by atoms with E-state index < -0.39 is 0 Å². The topological polar surface area (TPSA) is 38.1 Å². The second-order valence-electron chi connectivity index (χ2n) is 6.03. The molecular weight excluding hydrogens is 342 g/mol. The van der Waals surface area contributed by atoms with Crippen molar-refractivity contribution < 1.29 is 4.79 Å². The van der Waals surface area contributed by atoms with Crippen molar-refractivity contribution in [3.05, 3.63) is 46.2 Å². The first-order valence-corrected chi connectivity index (χ1v) is 8.45. The average molecular weight is 362 g/mol. The van der Waals surface area contributed by atoms with E-state index in [0.29, 0.717) is 11.5 Å². The summed E-state index contributed by atoms with van der Waals surface area (Å²) in [6.07, 6.45) is 3.99. The second kappa shape index (κ2) is 6.24. The van der Waals surface area contributed by atoms with Crippen LogP contribution in [0.2, 0.25) is 0 Å². The number of carbonyl (C=O) groups is 1. The van der Waals surface area contributed by atoms with E-state index in [1.165, 1.54) is 6.42 Å². The standard InChI is InChI=1S/C17H20BrN3O/c1-12-4-3-9-20(11-12)17(22)16-10-19-21(13(16)2)15-7-5-14(18)6-8-15/h5-8,10,12H,3-4,9,11H2,1-2H3. The molecule has 1 amide bonds. The predicted molar refractivity (Wildman–Crippen MR) is 90.3 cm³/mol. The maximum Gasteiger partial charge on any atom is 0.257 e. The normalized spacial score (nSPS) is 18.5. The molecule has 4 nitrogen and oxygen atoms in total. The van der Waals surface area contributed by atoms with E-state index in [4.69, 9.17) is 0 Å². The minimum atomic E-state index is 0.104. The smallest absolute Gasteiger partial charge is 0.257 e. The summed E-state index contributed by atoms with van der Waals surface area (Å²) in [7, 11) is 0. The van der Waals surface area contributed by atoms with E-state index >= 15 is 0 Å². The summed E-state index contributed by atoms with van der Waals surface area (Å²) in [6.45, 7) is 5.86. The van der Waals surface area contributed by atoms with Crippen LogP contribution >= 0.6 is 15.9 Å². The molecule has 1 fully saturated rings. The molecule has 1 saturated heterocycles. The first kappa shape index (κ1) is 15.3. The molecule has 0 saturated carbocycles. The van der Waals surface area contributed by atoms with Gasteiger partial charge in [-0.25, -0.2) is 4.68 Å². The third-order valence-electron chi connectivity index (χ3n) is 4.26. The molecule has 0 bridgehead atoms. The van der Waals surface area contributed by atoms with Crippen molar-refractivity contribution in [1.82, 2.24) is 14.7 Å². The van der Waals surface area contributed by atoms with Crippen molar-refractivity contribution in [1.29, 1.82) is 0 Å². The fourth-order valence-electron chi connectivity index (χ4n) is 3.01. The first-order chi connectivity index (χ1) is 10.6. The van der Waals surface area contributed by atoms with Crippen LogP contribution in [-0.4, -0.2) is 33.7 Å². The lowest BCUT2D eigenvalue weighted by Crippen LogP contribution is -2.39. The molecule has 1 atom stereocenters. The fraction of sp³-hybridized carbons (Fsp3) is 0.412. The Balaban J connectivity index is 1.86. The number of amides is 1. The number of nitrogens with zero attached hydrogens (tertiary/aromatic N) is 3. The highest BCUT2D eigenvalue weighted by Crippen LogP contribution is 2.21. The van der Waals surface area contributed by atoms with Gasteiger partial charge in [0.1, 0.15) is 0 Å². The summed E-state index contributed by atoms with van der Waals surface area (Å²) >= 11 is 3.43.